The van der Waals surface area contributed by atoms with Gasteiger partial charge in [0.1, 0.15) is 11.5 Å². The van der Waals surface area contributed by atoms with Gasteiger partial charge in [-0.25, -0.2) is 0 Å². The van der Waals surface area contributed by atoms with E-state index in [9.17, 15) is 29.4 Å². The second kappa shape index (κ2) is 22.5. The Kier molecular flexibility index (Phi) is 18.8. The summed E-state index contributed by atoms with van der Waals surface area (Å²) in [6, 6.07) is 9.84. The fourth-order valence-corrected chi connectivity index (χ4v) is 5.87. The van der Waals surface area contributed by atoms with E-state index in [0.29, 0.717) is 25.7 Å². The number of aromatic hydroxyl groups is 2. The normalized spacial score (nSPS) is 12.2. The number of hydrazine groups is 2. The van der Waals surface area contributed by atoms with Gasteiger partial charge < -0.3 is 10.2 Å². The fourth-order valence-electron chi connectivity index (χ4n) is 5.87. The van der Waals surface area contributed by atoms with E-state index in [2.05, 4.69) is 35.6 Å². The third-order valence-electron chi connectivity index (χ3n) is 8.73. The summed E-state index contributed by atoms with van der Waals surface area (Å²) in [6.07, 6.45) is 14.2. The highest BCUT2D eigenvalue weighted by Gasteiger charge is 2.33. The molecule has 0 aliphatic rings. The van der Waals surface area contributed by atoms with E-state index in [0.717, 1.165) is 88.2 Å². The van der Waals surface area contributed by atoms with Crippen LogP contribution in [0.5, 0.6) is 11.5 Å². The predicted octanol–water partition coefficient (Wildman–Crippen LogP) is 7.18. The predicted molar refractivity (Wildman–Crippen MR) is 189 cm³/mol. The molecular formula is C38H58N4O6. The molecule has 0 saturated heterocycles. The number of hydrogen-bond acceptors (Lipinski definition) is 6. The maximum atomic E-state index is 13.5. The van der Waals surface area contributed by atoms with Crippen LogP contribution in [-0.4, -0.2) is 33.8 Å². The molecule has 2 aromatic carbocycles. The van der Waals surface area contributed by atoms with Crippen molar-refractivity contribution in [2.45, 2.75) is 130 Å². The number of aryl methyl sites for hydroxylation is 2. The first-order valence-electron chi connectivity index (χ1n) is 18.0. The number of phenolic OH excluding ortho intramolecular Hbond substituents is 2. The highest BCUT2D eigenvalue weighted by molar-refractivity contribution is 5.99. The van der Waals surface area contributed by atoms with Gasteiger partial charge in [-0.1, -0.05) is 104 Å². The zero-order valence-corrected chi connectivity index (χ0v) is 29.5. The van der Waals surface area contributed by atoms with E-state index in [1.165, 1.54) is 6.07 Å². The Bertz CT molecular complexity index is 1310. The fraction of sp³-hybridized carbons (Fsp3) is 0.579. The van der Waals surface area contributed by atoms with Gasteiger partial charge in [0, 0.05) is 0 Å². The van der Waals surface area contributed by atoms with Crippen LogP contribution < -0.4 is 21.7 Å². The topological polar surface area (TPSA) is 157 Å². The maximum Gasteiger partial charge on any atom is 0.273 e. The molecule has 0 aromatic heterocycles. The molecule has 6 N–H and O–H groups in total. The Morgan fingerprint density at radius 3 is 1.33 bits per heavy atom. The van der Waals surface area contributed by atoms with Gasteiger partial charge in [-0.3, -0.25) is 40.9 Å². The lowest BCUT2D eigenvalue weighted by Gasteiger charge is -2.26. The highest BCUT2D eigenvalue weighted by Crippen LogP contribution is 2.26. The molecular weight excluding hydrogens is 608 g/mol. The van der Waals surface area contributed by atoms with Gasteiger partial charge >= 0.3 is 0 Å². The molecule has 2 rings (SSSR count). The van der Waals surface area contributed by atoms with E-state index >= 15 is 0 Å². The van der Waals surface area contributed by atoms with Gasteiger partial charge in [-0.2, -0.15) is 0 Å². The van der Waals surface area contributed by atoms with Crippen molar-refractivity contribution in [3.8, 4) is 11.5 Å². The third kappa shape index (κ3) is 13.6. The Morgan fingerprint density at radius 2 is 0.938 bits per heavy atom. The van der Waals surface area contributed by atoms with E-state index in [1.54, 1.807) is 30.3 Å². The molecule has 10 heteroatoms. The van der Waals surface area contributed by atoms with Crippen LogP contribution in [0.2, 0.25) is 0 Å². The number of amides is 4. The van der Waals surface area contributed by atoms with Crippen LogP contribution in [0.4, 0.5) is 0 Å². The molecule has 4 amide bonds. The van der Waals surface area contributed by atoms with Crippen LogP contribution in [0, 0.1) is 11.8 Å². The van der Waals surface area contributed by atoms with Crippen LogP contribution >= 0.6 is 0 Å². The average Bonchev–Trinajstić information content (AvgIpc) is 3.07. The van der Waals surface area contributed by atoms with E-state index < -0.39 is 35.5 Å². The summed E-state index contributed by atoms with van der Waals surface area (Å²) in [5, 5.41) is 21.0. The Labute approximate surface area is 286 Å². The van der Waals surface area contributed by atoms with Gasteiger partial charge in [0.15, 0.2) is 0 Å². The summed E-state index contributed by atoms with van der Waals surface area (Å²) in [6.45, 7) is 8.24. The average molecular weight is 667 g/mol. The minimum atomic E-state index is -0.788. The molecule has 48 heavy (non-hydrogen) atoms. The van der Waals surface area contributed by atoms with Gasteiger partial charge in [0.05, 0.1) is 23.0 Å². The standard InChI is InChI=1S/C38H58N4O6/c1-5-9-12-15-18-27-21-23-31(33(43)25-27)37(47)41-39-35(45)29(17-8-4)30(20-14-11-7-3)36(46)40-42-38(48)32-24-22-28(26-34(32)44)19-16-13-10-6-2/h21-26,29-30,43-44H,5-20H2,1-4H3,(H,39,45)(H,40,46)(H,41,47)(H,42,48). The molecule has 2 aromatic rings. The molecule has 10 nitrogen and oxygen atoms in total. The Balaban J connectivity index is 2.06. The molecule has 0 bridgehead atoms. The van der Waals surface area contributed by atoms with Gasteiger partial charge in [0.25, 0.3) is 11.8 Å². The summed E-state index contributed by atoms with van der Waals surface area (Å²) in [7, 11) is 0. The molecule has 0 heterocycles. The number of carbonyl (C=O) groups excluding carboxylic acids is 4. The molecule has 2 unspecified atom stereocenters. The first-order chi connectivity index (χ1) is 23.2. The number of benzene rings is 2. The molecule has 0 fully saturated rings. The highest BCUT2D eigenvalue weighted by atomic mass is 16.3. The largest absolute Gasteiger partial charge is 0.507 e. The summed E-state index contributed by atoms with van der Waals surface area (Å²) in [5.41, 5.74) is 11.7. The number of carbonyl (C=O) groups is 4. The van der Waals surface area contributed by atoms with Crippen molar-refractivity contribution < 1.29 is 29.4 Å². The smallest absolute Gasteiger partial charge is 0.273 e. The number of nitrogens with one attached hydrogen (secondary N) is 4. The quantitative estimate of drug-likeness (QED) is 0.0612. The van der Waals surface area contributed by atoms with Crippen molar-refractivity contribution in [3.63, 3.8) is 0 Å². The van der Waals surface area contributed by atoms with Gasteiger partial charge in [0.2, 0.25) is 11.8 Å². The summed E-state index contributed by atoms with van der Waals surface area (Å²) in [4.78, 5) is 52.7. The Morgan fingerprint density at radius 1 is 0.521 bits per heavy atom. The molecule has 0 radical (unpaired) electrons. The number of rotatable bonds is 21. The van der Waals surface area contributed by atoms with Crippen LogP contribution in [0.3, 0.4) is 0 Å². The number of phenols is 2. The maximum absolute atomic E-state index is 13.5. The molecule has 266 valence electrons. The zero-order valence-electron chi connectivity index (χ0n) is 29.5. The minimum absolute atomic E-state index is 0.0346. The lowest BCUT2D eigenvalue weighted by molar-refractivity contribution is -0.136. The lowest BCUT2D eigenvalue weighted by Crippen LogP contribution is -2.51. The van der Waals surface area contributed by atoms with Crippen molar-refractivity contribution in [1.82, 2.24) is 21.7 Å². The minimum Gasteiger partial charge on any atom is -0.507 e. The van der Waals surface area contributed by atoms with E-state index in [1.807, 2.05) is 13.8 Å². The van der Waals surface area contributed by atoms with Crippen LogP contribution in [0.1, 0.15) is 149 Å². The van der Waals surface area contributed by atoms with Crippen molar-refractivity contribution in [2.24, 2.45) is 11.8 Å². The third-order valence-corrected chi connectivity index (χ3v) is 8.73. The summed E-state index contributed by atoms with van der Waals surface area (Å²) >= 11 is 0. The van der Waals surface area contributed by atoms with Crippen LogP contribution in [-0.2, 0) is 22.4 Å². The Hall–Kier alpha value is -4.08. The monoisotopic (exact) mass is 666 g/mol. The number of hydrogen-bond donors (Lipinski definition) is 6. The first-order valence-corrected chi connectivity index (χ1v) is 18.0. The second-order valence-corrected chi connectivity index (χ2v) is 12.7. The molecule has 0 spiro atoms. The second-order valence-electron chi connectivity index (χ2n) is 12.7. The first kappa shape index (κ1) is 40.1. The van der Waals surface area contributed by atoms with Crippen molar-refractivity contribution in [3.05, 3.63) is 58.7 Å². The zero-order chi connectivity index (χ0) is 35.3. The molecule has 0 aliphatic heterocycles. The van der Waals surface area contributed by atoms with E-state index in [-0.39, 0.29) is 22.6 Å². The summed E-state index contributed by atoms with van der Waals surface area (Å²) < 4.78 is 0. The van der Waals surface area contributed by atoms with Crippen molar-refractivity contribution in [2.75, 3.05) is 0 Å². The van der Waals surface area contributed by atoms with Crippen LogP contribution in [0.25, 0.3) is 0 Å². The molecule has 0 aliphatic carbocycles. The molecule has 2 atom stereocenters. The lowest BCUT2D eigenvalue weighted by atomic mass is 9.83. The summed E-state index contributed by atoms with van der Waals surface area (Å²) in [5.74, 6) is -4.30. The van der Waals surface area contributed by atoms with Gasteiger partial charge in [-0.05, 0) is 73.9 Å². The number of unbranched alkanes of at least 4 members (excludes halogenated alkanes) is 8. The van der Waals surface area contributed by atoms with Gasteiger partial charge in [-0.15, -0.1) is 0 Å². The van der Waals surface area contributed by atoms with Crippen molar-refractivity contribution >= 4 is 23.6 Å². The van der Waals surface area contributed by atoms with E-state index in [4.69, 9.17) is 0 Å². The molecule has 0 saturated carbocycles. The van der Waals surface area contributed by atoms with Crippen LogP contribution in [0.15, 0.2) is 36.4 Å². The van der Waals surface area contributed by atoms with Crippen molar-refractivity contribution in [1.29, 1.82) is 0 Å². The SMILES string of the molecule is CCCCCCc1ccc(C(=O)NNC(=O)C(CCC)C(CCCCC)C(=O)NNC(=O)c2ccc(CCCCCC)cc2O)c(O)c1.